The van der Waals surface area contributed by atoms with Crippen LogP contribution in [0.5, 0.6) is 0 Å². The molecule has 7 nitrogen and oxygen atoms in total. The number of aromatic nitrogens is 3. The predicted octanol–water partition coefficient (Wildman–Crippen LogP) is 7.59. The van der Waals surface area contributed by atoms with Crippen LogP contribution < -0.4 is 15.9 Å². The van der Waals surface area contributed by atoms with Crippen molar-refractivity contribution in [1.82, 2.24) is 19.4 Å². The van der Waals surface area contributed by atoms with Crippen molar-refractivity contribution in [2.24, 2.45) is 5.92 Å². The minimum Gasteiger partial charge on any atom is -0.404 e. The number of rotatable bonds is 13. The van der Waals surface area contributed by atoms with Crippen molar-refractivity contribution < 1.29 is 13.6 Å². The molecule has 2 heterocycles. The van der Waals surface area contributed by atoms with Crippen LogP contribution in [0.2, 0.25) is 5.04 Å². The van der Waals surface area contributed by atoms with Gasteiger partial charge in [0.25, 0.3) is 19.8 Å². The number of halogens is 1. The highest BCUT2D eigenvalue weighted by Gasteiger charge is 2.50. The Kier molecular flexibility index (Phi) is 11.5. The van der Waals surface area contributed by atoms with Crippen LogP contribution in [-0.4, -0.2) is 53.0 Å². The van der Waals surface area contributed by atoms with E-state index in [0.29, 0.717) is 22.3 Å². The summed E-state index contributed by atoms with van der Waals surface area (Å²) < 4.78 is 25.6. The third-order valence-corrected chi connectivity index (χ3v) is 14.8. The van der Waals surface area contributed by atoms with Gasteiger partial charge in [0.05, 0.1) is 42.8 Å². The van der Waals surface area contributed by atoms with E-state index in [4.69, 9.17) is 9.41 Å². The van der Waals surface area contributed by atoms with Crippen LogP contribution in [0.3, 0.4) is 0 Å². The molecule has 6 rings (SSSR count). The molecular weight excluding hydrogens is 680 g/mol. The number of amides is 1. The Bertz CT molecular complexity index is 2140. The van der Waals surface area contributed by atoms with Gasteiger partial charge in [0.15, 0.2) is 0 Å². The van der Waals surface area contributed by atoms with Crippen LogP contribution >= 0.6 is 0 Å². The summed E-state index contributed by atoms with van der Waals surface area (Å²) in [5, 5.41) is 2.15. The lowest BCUT2D eigenvalue weighted by Crippen LogP contribution is -2.67. The van der Waals surface area contributed by atoms with E-state index in [2.05, 4.69) is 50.0 Å². The average Bonchev–Trinajstić information content (AvgIpc) is 3.17. The normalized spacial score (nSPS) is 13.2. The second-order valence-electron chi connectivity index (χ2n) is 14.8. The number of hydrogen-bond acceptors (Lipinski definition) is 5. The zero-order chi connectivity index (χ0) is 37.6. The number of benzene rings is 4. The topological polar surface area (TPSA) is 77.3 Å². The fourth-order valence-electron chi connectivity index (χ4n) is 7.34. The molecule has 0 aliphatic rings. The van der Waals surface area contributed by atoms with Gasteiger partial charge in [0.1, 0.15) is 12.0 Å². The largest absolute Gasteiger partial charge is 0.404 e. The summed E-state index contributed by atoms with van der Waals surface area (Å²) in [6.07, 6.45) is 1.56. The maximum atomic E-state index is 17.0. The lowest BCUT2D eigenvalue weighted by atomic mass is 9.98. The number of alkyl halides is 1. The molecule has 0 saturated heterocycles. The number of carbonyl (C=O) groups excluding carboxylic acids is 1. The molecule has 0 bridgehead atoms. The van der Waals surface area contributed by atoms with Gasteiger partial charge in [-0.3, -0.25) is 19.1 Å². The first-order valence-corrected chi connectivity index (χ1v) is 20.1. The van der Waals surface area contributed by atoms with Crippen molar-refractivity contribution >= 4 is 35.5 Å². The molecule has 0 fully saturated rings. The molecule has 1 amide bonds. The van der Waals surface area contributed by atoms with Crippen molar-refractivity contribution in [3.8, 4) is 0 Å². The molecule has 0 N–H and O–H groups in total. The zero-order valence-electron chi connectivity index (χ0n) is 31.0. The molecule has 0 unspecified atom stereocenters. The highest BCUT2D eigenvalue weighted by atomic mass is 28.4. The molecular formula is C44H47FN4O3Si. The Morgan fingerprint density at radius 2 is 1.38 bits per heavy atom. The Balaban J connectivity index is 1.44. The Morgan fingerprint density at radius 1 is 0.830 bits per heavy atom. The molecule has 53 heavy (non-hydrogen) atoms. The van der Waals surface area contributed by atoms with Gasteiger partial charge >= 0.3 is 0 Å². The molecule has 0 aliphatic carbocycles. The standard InChI is InChI=1S/C44H47FN4O3Si/c1-32(2)40(41-47-39-28-46-27-26-38(39)43(51)49(41)29-33-18-10-6-11-19-33)48(42(50)34-20-12-7-13-21-34)30-35(45)31-52-53(44(3,4)5,36-22-14-8-15-23-36)37-24-16-9-17-25-37/h6-28,32,35,40H,29-31H2,1-5H3/t35-,40-/m1/s1. The smallest absolute Gasteiger partial charge is 0.261 e. The molecule has 2 atom stereocenters. The first-order valence-electron chi connectivity index (χ1n) is 18.1. The highest BCUT2D eigenvalue weighted by molar-refractivity contribution is 6.99. The number of fused-ring (bicyclic) bond motifs is 1. The maximum Gasteiger partial charge on any atom is 0.261 e. The van der Waals surface area contributed by atoms with Crippen molar-refractivity contribution in [3.05, 3.63) is 167 Å². The van der Waals surface area contributed by atoms with Crippen molar-refractivity contribution in [3.63, 3.8) is 0 Å². The highest BCUT2D eigenvalue weighted by Crippen LogP contribution is 2.37. The summed E-state index contributed by atoms with van der Waals surface area (Å²) in [6, 6.07) is 39.7. The van der Waals surface area contributed by atoms with E-state index < -0.39 is 20.5 Å². The van der Waals surface area contributed by atoms with Gasteiger partial charge in [-0.1, -0.05) is 144 Å². The van der Waals surface area contributed by atoms with Gasteiger partial charge in [-0.2, -0.15) is 0 Å². The summed E-state index contributed by atoms with van der Waals surface area (Å²) in [6.45, 7) is 10.1. The Labute approximate surface area is 312 Å². The molecule has 2 aromatic heterocycles. The minimum atomic E-state index is -3.07. The van der Waals surface area contributed by atoms with Crippen LogP contribution in [0.25, 0.3) is 10.9 Å². The van der Waals surface area contributed by atoms with Crippen LogP contribution in [-0.2, 0) is 11.0 Å². The number of hydrogen-bond donors (Lipinski definition) is 0. The van der Waals surface area contributed by atoms with E-state index in [-0.39, 0.29) is 42.1 Å². The van der Waals surface area contributed by atoms with E-state index in [9.17, 15) is 9.59 Å². The second kappa shape index (κ2) is 16.2. The molecule has 6 aromatic rings. The van der Waals surface area contributed by atoms with Gasteiger partial charge in [0, 0.05) is 11.8 Å². The number of nitrogens with zero attached hydrogens (tertiary/aromatic N) is 4. The molecule has 0 radical (unpaired) electrons. The van der Waals surface area contributed by atoms with Crippen molar-refractivity contribution in [1.29, 1.82) is 0 Å². The van der Waals surface area contributed by atoms with Gasteiger partial charge in [-0.15, -0.1) is 0 Å². The summed E-state index contributed by atoms with van der Waals surface area (Å²) in [5.74, 6) is -0.238. The fraction of sp³-hybridized carbons (Fsp3) is 0.273. The van der Waals surface area contributed by atoms with Crippen molar-refractivity contribution in [2.45, 2.75) is 58.4 Å². The summed E-state index contributed by atoms with van der Waals surface area (Å²) >= 11 is 0. The molecule has 0 saturated carbocycles. The van der Waals surface area contributed by atoms with E-state index in [1.807, 2.05) is 86.6 Å². The summed E-state index contributed by atoms with van der Waals surface area (Å²) in [7, 11) is -3.07. The van der Waals surface area contributed by atoms with Crippen LogP contribution in [0, 0.1) is 5.92 Å². The molecule has 9 heteroatoms. The lowest BCUT2D eigenvalue weighted by Gasteiger charge is -2.43. The van der Waals surface area contributed by atoms with Crippen LogP contribution in [0.15, 0.2) is 145 Å². The SMILES string of the molecule is CC(C)[C@H](c1nc2cnccc2c(=O)n1Cc1ccccc1)N(C[C@@H](F)CO[Si](c1ccccc1)(c1ccccc1)C(C)(C)C)C(=O)c1ccccc1. The molecule has 4 aromatic carbocycles. The first kappa shape index (κ1) is 37.5. The Hall–Kier alpha value is -5.25. The van der Waals surface area contributed by atoms with Crippen LogP contribution in [0.4, 0.5) is 4.39 Å². The molecule has 272 valence electrons. The lowest BCUT2D eigenvalue weighted by molar-refractivity contribution is 0.0478. The average molecular weight is 727 g/mol. The molecule has 0 aliphatic heterocycles. The second-order valence-corrected chi connectivity index (χ2v) is 19.1. The van der Waals surface area contributed by atoms with E-state index in [1.165, 1.54) is 0 Å². The first-order chi connectivity index (χ1) is 25.5. The maximum absolute atomic E-state index is 17.0. The van der Waals surface area contributed by atoms with E-state index >= 15 is 4.39 Å². The summed E-state index contributed by atoms with van der Waals surface area (Å²) in [4.78, 5) is 39.7. The van der Waals surface area contributed by atoms with Gasteiger partial charge in [-0.25, -0.2) is 9.37 Å². The number of carbonyl (C=O) groups is 1. The third kappa shape index (κ3) is 7.91. The predicted molar refractivity (Wildman–Crippen MR) is 213 cm³/mol. The van der Waals surface area contributed by atoms with Crippen molar-refractivity contribution in [2.75, 3.05) is 13.2 Å². The Morgan fingerprint density at radius 3 is 1.92 bits per heavy atom. The molecule has 0 spiro atoms. The fourth-order valence-corrected chi connectivity index (χ4v) is 11.9. The third-order valence-electron chi connectivity index (χ3n) is 9.78. The van der Waals surface area contributed by atoms with E-state index in [1.54, 1.807) is 52.2 Å². The van der Waals surface area contributed by atoms with Gasteiger partial charge < -0.3 is 9.33 Å². The van der Waals surface area contributed by atoms with Gasteiger partial charge in [0.2, 0.25) is 0 Å². The quantitative estimate of drug-likeness (QED) is 0.115. The van der Waals surface area contributed by atoms with Crippen LogP contribution in [0.1, 0.15) is 62.4 Å². The van der Waals surface area contributed by atoms with Gasteiger partial charge in [-0.05, 0) is 45.1 Å². The minimum absolute atomic E-state index is 0.229. The zero-order valence-corrected chi connectivity index (χ0v) is 32.0. The van der Waals surface area contributed by atoms with E-state index in [0.717, 1.165) is 15.9 Å². The number of pyridine rings is 1. The summed E-state index contributed by atoms with van der Waals surface area (Å²) in [5.41, 5.74) is 1.48. The monoisotopic (exact) mass is 726 g/mol.